The standard InChI is InChI=1S/C15H26N4O2/c1-4-21-11-10-15(16,14(11,2)3)13(20)19-7-5-6-12-17-8-9-18-12/h8-9,11H,4-7,10,16H2,1-3H3,(H,17,18)(H,19,20). The largest absolute Gasteiger partial charge is 0.378 e. The number of hydrogen-bond donors (Lipinski definition) is 3. The van der Waals surface area contributed by atoms with Crippen molar-refractivity contribution in [1.29, 1.82) is 0 Å². The third kappa shape index (κ3) is 2.96. The first-order chi connectivity index (χ1) is 9.91. The van der Waals surface area contributed by atoms with Gasteiger partial charge in [0.2, 0.25) is 5.91 Å². The predicted molar refractivity (Wildman–Crippen MR) is 80.6 cm³/mol. The van der Waals surface area contributed by atoms with Gasteiger partial charge in [-0.15, -0.1) is 0 Å². The third-order valence-electron chi connectivity index (χ3n) is 4.67. The molecule has 0 aliphatic heterocycles. The van der Waals surface area contributed by atoms with Crippen LogP contribution in [-0.2, 0) is 16.0 Å². The van der Waals surface area contributed by atoms with Crippen molar-refractivity contribution in [3.05, 3.63) is 18.2 Å². The van der Waals surface area contributed by atoms with E-state index in [0.29, 0.717) is 19.6 Å². The highest BCUT2D eigenvalue weighted by Crippen LogP contribution is 2.49. The first-order valence-corrected chi connectivity index (χ1v) is 7.59. The lowest BCUT2D eigenvalue weighted by molar-refractivity contribution is -0.170. The highest BCUT2D eigenvalue weighted by molar-refractivity contribution is 5.88. The minimum Gasteiger partial charge on any atom is -0.378 e. The topological polar surface area (TPSA) is 93.0 Å². The number of imidazole rings is 1. The summed E-state index contributed by atoms with van der Waals surface area (Å²) in [4.78, 5) is 19.6. The van der Waals surface area contributed by atoms with E-state index in [1.54, 1.807) is 12.4 Å². The third-order valence-corrected chi connectivity index (χ3v) is 4.67. The molecule has 0 radical (unpaired) electrons. The van der Waals surface area contributed by atoms with Gasteiger partial charge in [0.1, 0.15) is 11.4 Å². The maximum atomic E-state index is 12.4. The van der Waals surface area contributed by atoms with Gasteiger partial charge in [0.15, 0.2) is 0 Å². The van der Waals surface area contributed by atoms with E-state index in [2.05, 4.69) is 15.3 Å². The number of nitrogens with one attached hydrogen (secondary N) is 2. The quantitative estimate of drug-likeness (QED) is 0.654. The molecule has 6 heteroatoms. The SMILES string of the molecule is CCOC1CC(N)(C(=O)NCCCc2ncc[nH]2)C1(C)C. The van der Waals surface area contributed by atoms with Gasteiger partial charge >= 0.3 is 0 Å². The number of nitrogens with zero attached hydrogens (tertiary/aromatic N) is 1. The molecule has 2 atom stereocenters. The average molecular weight is 294 g/mol. The smallest absolute Gasteiger partial charge is 0.240 e. The zero-order chi connectivity index (χ0) is 15.5. The van der Waals surface area contributed by atoms with Crippen LogP contribution in [0.25, 0.3) is 0 Å². The molecule has 1 amide bonds. The second-order valence-corrected chi connectivity index (χ2v) is 6.24. The van der Waals surface area contributed by atoms with E-state index in [0.717, 1.165) is 18.7 Å². The summed E-state index contributed by atoms with van der Waals surface area (Å²) in [7, 11) is 0. The normalized spacial score (nSPS) is 27.1. The Labute approximate surface area is 125 Å². The Kier molecular flexibility index (Phi) is 4.68. The lowest BCUT2D eigenvalue weighted by Crippen LogP contribution is -2.75. The number of aryl methyl sites for hydroxylation is 1. The Bertz CT molecular complexity index is 472. The van der Waals surface area contributed by atoms with Crippen LogP contribution < -0.4 is 11.1 Å². The molecule has 21 heavy (non-hydrogen) atoms. The summed E-state index contributed by atoms with van der Waals surface area (Å²) < 4.78 is 5.64. The van der Waals surface area contributed by atoms with Crippen molar-refractivity contribution in [2.24, 2.45) is 11.1 Å². The number of hydrogen-bond acceptors (Lipinski definition) is 4. The van der Waals surface area contributed by atoms with Crippen molar-refractivity contribution in [3.8, 4) is 0 Å². The van der Waals surface area contributed by atoms with Crippen LogP contribution in [0.15, 0.2) is 12.4 Å². The number of aromatic nitrogens is 2. The van der Waals surface area contributed by atoms with Crippen molar-refractivity contribution in [3.63, 3.8) is 0 Å². The second-order valence-electron chi connectivity index (χ2n) is 6.24. The van der Waals surface area contributed by atoms with Crippen LogP contribution in [0.1, 0.15) is 39.4 Å². The zero-order valence-electron chi connectivity index (χ0n) is 13.1. The molecular formula is C15H26N4O2. The van der Waals surface area contributed by atoms with Gasteiger partial charge in [-0.1, -0.05) is 13.8 Å². The predicted octanol–water partition coefficient (Wildman–Crippen LogP) is 0.991. The van der Waals surface area contributed by atoms with Crippen LogP contribution in [0.4, 0.5) is 0 Å². The molecule has 1 fully saturated rings. The molecule has 1 aromatic rings. The van der Waals surface area contributed by atoms with Crippen LogP contribution in [0.3, 0.4) is 0 Å². The molecule has 1 saturated carbocycles. The minimum atomic E-state index is -0.836. The summed E-state index contributed by atoms with van der Waals surface area (Å²) in [6, 6.07) is 0. The molecule has 0 spiro atoms. The molecule has 1 aliphatic rings. The molecule has 0 aromatic carbocycles. The first kappa shape index (κ1) is 16.0. The fourth-order valence-corrected chi connectivity index (χ4v) is 2.87. The molecule has 6 nitrogen and oxygen atoms in total. The fraction of sp³-hybridized carbons (Fsp3) is 0.733. The molecule has 2 unspecified atom stereocenters. The Morgan fingerprint density at radius 1 is 1.62 bits per heavy atom. The maximum Gasteiger partial charge on any atom is 0.240 e. The number of H-pyrrole nitrogens is 1. The Morgan fingerprint density at radius 2 is 2.38 bits per heavy atom. The Balaban J connectivity index is 1.78. The van der Waals surface area contributed by atoms with E-state index in [1.165, 1.54) is 0 Å². The number of ether oxygens (including phenoxy) is 1. The molecule has 1 aromatic heterocycles. The summed E-state index contributed by atoms with van der Waals surface area (Å²) in [5.41, 5.74) is 5.14. The van der Waals surface area contributed by atoms with Crippen molar-refractivity contribution in [1.82, 2.24) is 15.3 Å². The number of aromatic amines is 1. The van der Waals surface area contributed by atoms with Crippen LogP contribution in [0.2, 0.25) is 0 Å². The number of carbonyl (C=O) groups excluding carboxylic acids is 1. The lowest BCUT2D eigenvalue weighted by Gasteiger charge is -2.57. The molecule has 0 bridgehead atoms. The first-order valence-electron chi connectivity index (χ1n) is 7.59. The van der Waals surface area contributed by atoms with Gasteiger partial charge in [-0.25, -0.2) is 4.98 Å². The van der Waals surface area contributed by atoms with E-state index < -0.39 is 5.54 Å². The van der Waals surface area contributed by atoms with Gasteiger partial charge in [-0.3, -0.25) is 4.79 Å². The van der Waals surface area contributed by atoms with E-state index >= 15 is 0 Å². The lowest BCUT2D eigenvalue weighted by atomic mass is 9.54. The second kappa shape index (κ2) is 6.15. The van der Waals surface area contributed by atoms with Gasteiger partial charge in [-0.05, 0) is 13.3 Å². The molecule has 0 saturated heterocycles. The van der Waals surface area contributed by atoms with Crippen LogP contribution in [0, 0.1) is 5.41 Å². The summed E-state index contributed by atoms with van der Waals surface area (Å²) >= 11 is 0. The minimum absolute atomic E-state index is 0.0568. The van der Waals surface area contributed by atoms with E-state index in [-0.39, 0.29) is 17.4 Å². The Hall–Kier alpha value is -1.40. The van der Waals surface area contributed by atoms with E-state index in [4.69, 9.17) is 10.5 Å². The van der Waals surface area contributed by atoms with Crippen molar-refractivity contribution >= 4 is 5.91 Å². The summed E-state index contributed by atoms with van der Waals surface area (Å²) in [6.45, 7) is 7.21. The zero-order valence-corrected chi connectivity index (χ0v) is 13.1. The average Bonchev–Trinajstić information content (AvgIpc) is 2.96. The summed E-state index contributed by atoms with van der Waals surface area (Å²) in [6.07, 6.45) is 5.82. The molecule has 118 valence electrons. The fourth-order valence-electron chi connectivity index (χ4n) is 2.87. The van der Waals surface area contributed by atoms with Crippen LogP contribution >= 0.6 is 0 Å². The molecule has 2 rings (SSSR count). The number of nitrogens with two attached hydrogens (primary N) is 1. The molecular weight excluding hydrogens is 268 g/mol. The van der Waals surface area contributed by atoms with Crippen molar-refractivity contribution in [2.75, 3.05) is 13.2 Å². The van der Waals surface area contributed by atoms with Crippen LogP contribution in [-0.4, -0.2) is 40.7 Å². The number of rotatable bonds is 7. The van der Waals surface area contributed by atoms with E-state index in [9.17, 15) is 4.79 Å². The Morgan fingerprint density at radius 3 is 2.95 bits per heavy atom. The number of carbonyl (C=O) groups is 1. The monoisotopic (exact) mass is 294 g/mol. The summed E-state index contributed by atoms with van der Waals surface area (Å²) in [5, 5.41) is 2.94. The highest BCUT2D eigenvalue weighted by Gasteiger charge is 2.62. The van der Waals surface area contributed by atoms with Crippen molar-refractivity contribution in [2.45, 2.75) is 51.7 Å². The number of amides is 1. The van der Waals surface area contributed by atoms with Gasteiger partial charge in [0.05, 0.1) is 6.10 Å². The van der Waals surface area contributed by atoms with Gasteiger partial charge in [-0.2, -0.15) is 0 Å². The summed E-state index contributed by atoms with van der Waals surface area (Å²) in [5.74, 6) is 0.856. The van der Waals surface area contributed by atoms with E-state index in [1.807, 2.05) is 20.8 Å². The van der Waals surface area contributed by atoms with Gasteiger partial charge in [0, 0.05) is 43.8 Å². The van der Waals surface area contributed by atoms with Gasteiger partial charge < -0.3 is 20.8 Å². The molecule has 1 heterocycles. The van der Waals surface area contributed by atoms with Crippen LogP contribution in [0.5, 0.6) is 0 Å². The molecule has 4 N–H and O–H groups in total. The highest BCUT2D eigenvalue weighted by atomic mass is 16.5. The van der Waals surface area contributed by atoms with Crippen molar-refractivity contribution < 1.29 is 9.53 Å². The van der Waals surface area contributed by atoms with Gasteiger partial charge in [0.25, 0.3) is 0 Å². The maximum absolute atomic E-state index is 12.4. The molecule has 1 aliphatic carbocycles.